The summed E-state index contributed by atoms with van der Waals surface area (Å²) in [5.74, 6) is 2.64. The van der Waals surface area contributed by atoms with Crippen LogP contribution in [0.4, 0.5) is 0 Å². The van der Waals surface area contributed by atoms with Crippen LogP contribution in [0, 0.1) is 5.92 Å². The van der Waals surface area contributed by atoms with Crippen molar-refractivity contribution < 1.29 is 0 Å². The van der Waals surface area contributed by atoms with Gasteiger partial charge in [-0.25, -0.2) is 4.98 Å². The lowest BCUT2D eigenvalue weighted by Gasteiger charge is -2.27. The van der Waals surface area contributed by atoms with Crippen LogP contribution in [0.2, 0.25) is 0 Å². The van der Waals surface area contributed by atoms with Gasteiger partial charge in [0.05, 0.1) is 0 Å². The maximum absolute atomic E-state index is 4.47. The van der Waals surface area contributed by atoms with Crippen LogP contribution in [0.15, 0.2) is 12.4 Å². The molecule has 2 atom stereocenters. The molecule has 1 aromatic rings. The van der Waals surface area contributed by atoms with E-state index in [2.05, 4.69) is 34.9 Å². The van der Waals surface area contributed by atoms with Crippen molar-refractivity contribution in [2.24, 2.45) is 5.92 Å². The van der Waals surface area contributed by atoms with Crippen molar-refractivity contribution in [3.8, 4) is 0 Å². The molecule has 1 N–H and O–H groups in total. The first kappa shape index (κ1) is 9.71. The third-order valence-electron chi connectivity index (χ3n) is 3.02. The highest BCUT2D eigenvalue weighted by Crippen LogP contribution is 2.24. The Labute approximate surface area is 85.5 Å². The lowest BCUT2D eigenvalue weighted by molar-refractivity contribution is 0.348. The van der Waals surface area contributed by atoms with E-state index in [-0.39, 0.29) is 0 Å². The van der Waals surface area contributed by atoms with Crippen molar-refractivity contribution in [3.05, 3.63) is 18.2 Å². The van der Waals surface area contributed by atoms with Crippen molar-refractivity contribution >= 4 is 0 Å². The largest absolute Gasteiger partial charge is 0.335 e. The molecule has 0 aliphatic carbocycles. The SMILES string of the molecule is CCn1ccnc1C1CNCC(C)C1. The summed E-state index contributed by atoms with van der Waals surface area (Å²) in [5.41, 5.74) is 0. The number of rotatable bonds is 2. The molecule has 0 bridgehead atoms. The topological polar surface area (TPSA) is 29.9 Å². The number of nitrogens with zero attached hydrogens (tertiary/aromatic N) is 2. The third-order valence-corrected chi connectivity index (χ3v) is 3.02. The van der Waals surface area contributed by atoms with Crippen LogP contribution in [0.1, 0.15) is 32.0 Å². The van der Waals surface area contributed by atoms with Crippen molar-refractivity contribution in [2.45, 2.75) is 32.7 Å². The molecule has 0 spiro atoms. The van der Waals surface area contributed by atoms with E-state index in [9.17, 15) is 0 Å². The van der Waals surface area contributed by atoms with Crippen LogP contribution in [0.5, 0.6) is 0 Å². The van der Waals surface area contributed by atoms with Crippen molar-refractivity contribution in [1.82, 2.24) is 14.9 Å². The standard InChI is InChI=1S/C11H19N3/c1-3-14-5-4-13-11(14)10-6-9(2)7-12-8-10/h4-5,9-10,12H,3,6-8H2,1-2H3. The minimum atomic E-state index is 0.605. The van der Waals surface area contributed by atoms with E-state index in [1.165, 1.54) is 12.2 Å². The van der Waals surface area contributed by atoms with Gasteiger partial charge in [-0.05, 0) is 25.8 Å². The highest BCUT2D eigenvalue weighted by molar-refractivity contribution is 5.03. The molecule has 0 saturated carbocycles. The lowest BCUT2D eigenvalue weighted by atomic mass is 9.91. The normalized spacial score (nSPS) is 27.9. The monoisotopic (exact) mass is 193 g/mol. The van der Waals surface area contributed by atoms with Gasteiger partial charge in [-0.2, -0.15) is 0 Å². The molecule has 1 aliphatic rings. The van der Waals surface area contributed by atoms with E-state index in [4.69, 9.17) is 0 Å². The van der Waals surface area contributed by atoms with Crippen molar-refractivity contribution in [2.75, 3.05) is 13.1 Å². The first-order valence-electron chi connectivity index (χ1n) is 5.53. The van der Waals surface area contributed by atoms with Gasteiger partial charge >= 0.3 is 0 Å². The molecule has 2 rings (SSSR count). The summed E-state index contributed by atoms with van der Waals surface area (Å²) in [5, 5.41) is 3.47. The Morgan fingerprint density at radius 1 is 1.57 bits per heavy atom. The summed E-state index contributed by atoms with van der Waals surface area (Å²) < 4.78 is 2.25. The number of piperidine rings is 1. The Morgan fingerprint density at radius 3 is 3.14 bits per heavy atom. The van der Waals surface area contributed by atoms with Gasteiger partial charge < -0.3 is 9.88 Å². The predicted octanol–water partition coefficient (Wildman–Crippen LogP) is 1.62. The fraction of sp³-hybridized carbons (Fsp3) is 0.727. The molecule has 3 nitrogen and oxygen atoms in total. The van der Waals surface area contributed by atoms with E-state index in [1.807, 2.05) is 6.20 Å². The molecule has 0 amide bonds. The van der Waals surface area contributed by atoms with Gasteiger partial charge in [-0.3, -0.25) is 0 Å². The first-order valence-corrected chi connectivity index (χ1v) is 5.53. The van der Waals surface area contributed by atoms with Gasteiger partial charge in [0.15, 0.2) is 0 Å². The number of nitrogens with one attached hydrogen (secondary N) is 1. The van der Waals surface area contributed by atoms with E-state index in [0.29, 0.717) is 5.92 Å². The molecule has 1 aliphatic heterocycles. The quantitative estimate of drug-likeness (QED) is 0.773. The van der Waals surface area contributed by atoms with Crippen LogP contribution >= 0.6 is 0 Å². The molecular formula is C11H19N3. The van der Waals surface area contributed by atoms with Crippen LogP contribution in [0.25, 0.3) is 0 Å². The maximum atomic E-state index is 4.47. The Balaban J connectivity index is 2.13. The predicted molar refractivity (Wildman–Crippen MR) is 57.3 cm³/mol. The number of imidazole rings is 1. The summed E-state index contributed by atoms with van der Waals surface area (Å²) in [6, 6.07) is 0. The number of aromatic nitrogens is 2. The highest BCUT2D eigenvalue weighted by Gasteiger charge is 2.22. The molecule has 0 radical (unpaired) electrons. The molecule has 2 unspecified atom stereocenters. The highest BCUT2D eigenvalue weighted by atomic mass is 15.1. The van der Waals surface area contributed by atoms with Crippen LogP contribution in [-0.2, 0) is 6.54 Å². The van der Waals surface area contributed by atoms with Crippen LogP contribution in [-0.4, -0.2) is 22.6 Å². The Kier molecular flexibility index (Phi) is 2.87. The van der Waals surface area contributed by atoms with Gasteiger partial charge in [-0.15, -0.1) is 0 Å². The zero-order valence-corrected chi connectivity index (χ0v) is 9.03. The summed E-state index contributed by atoms with van der Waals surface area (Å²) in [6.45, 7) is 7.74. The minimum absolute atomic E-state index is 0.605. The van der Waals surface area contributed by atoms with Crippen molar-refractivity contribution in [1.29, 1.82) is 0 Å². The van der Waals surface area contributed by atoms with E-state index >= 15 is 0 Å². The van der Waals surface area contributed by atoms with Crippen LogP contribution in [0.3, 0.4) is 0 Å². The average molecular weight is 193 g/mol. The van der Waals surface area contributed by atoms with Crippen LogP contribution < -0.4 is 5.32 Å². The summed E-state index contributed by atoms with van der Waals surface area (Å²) >= 11 is 0. The first-order chi connectivity index (χ1) is 6.81. The fourth-order valence-electron chi connectivity index (χ4n) is 2.30. The lowest BCUT2D eigenvalue weighted by Crippen LogP contribution is -2.34. The second kappa shape index (κ2) is 4.13. The number of aryl methyl sites for hydroxylation is 1. The Hall–Kier alpha value is -0.830. The second-order valence-corrected chi connectivity index (χ2v) is 4.27. The van der Waals surface area contributed by atoms with Gasteiger partial charge in [0.2, 0.25) is 0 Å². The molecule has 1 fully saturated rings. The summed E-state index contributed by atoms with van der Waals surface area (Å²) in [7, 11) is 0. The summed E-state index contributed by atoms with van der Waals surface area (Å²) in [4.78, 5) is 4.47. The van der Waals surface area contributed by atoms with E-state index in [1.54, 1.807) is 0 Å². The molecule has 78 valence electrons. The fourth-order valence-corrected chi connectivity index (χ4v) is 2.30. The van der Waals surface area contributed by atoms with Gasteiger partial charge in [-0.1, -0.05) is 6.92 Å². The van der Waals surface area contributed by atoms with Gasteiger partial charge in [0.25, 0.3) is 0 Å². The maximum Gasteiger partial charge on any atom is 0.113 e. The minimum Gasteiger partial charge on any atom is -0.335 e. The molecule has 1 saturated heterocycles. The number of hydrogen-bond acceptors (Lipinski definition) is 2. The van der Waals surface area contributed by atoms with Gasteiger partial charge in [0.1, 0.15) is 5.82 Å². The second-order valence-electron chi connectivity index (χ2n) is 4.27. The van der Waals surface area contributed by atoms with Gasteiger partial charge in [0, 0.05) is 31.4 Å². The number of hydrogen-bond donors (Lipinski definition) is 1. The molecule has 3 heteroatoms. The molecule has 1 aromatic heterocycles. The average Bonchev–Trinajstić information content (AvgIpc) is 2.65. The van der Waals surface area contributed by atoms with Crippen molar-refractivity contribution in [3.63, 3.8) is 0 Å². The van der Waals surface area contributed by atoms with E-state index < -0.39 is 0 Å². The zero-order valence-electron chi connectivity index (χ0n) is 9.03. The molecule has 14 heavy (non-hydrogen) atoms. The smallest absolute Gasteiger partial charge is 0.113 e. The Morgan fingerprint density at radius 2 is 2.43 bits per heavy atom. The molecule has 2 heterocycles. The third kappa shape index (κ3) is 1.82. The van der Waals surface area contributed by atoms with E-state index in [0.717, 1.165) is 25.6 Å². The molecule has 0 aromatic carbocycles. The Bertz CT molecular complexity index is 292. The zero-order chi connectivity index (χ0) is 9.97. The summed E-state index contributed by atoms with van der Waals surface area (Å²) in [6.07, 6.45) is 5.26. The molecular weight excluding hydrogens is 174 g/mol.